The number of anilines is 2. The molecule has 69 heavy (non-hydrogen) atoms. The number of benzene rings is 4. The number of aromatic nitrogens is 2. The topological polar surface area (TPSA) is 189 Å². The number of hydrogen-bond donors (Lipinski definition) is 4. The summed E-state index contributed by atoms with van der Waals surface area (Å²) in [6, 6.07) is 23.5. The largest absolute Gasteiger partial charge is 0.497 e. The summed E-state index contributed by atoms with van der Waals surface area (Å²) in [6.07, 6.45) is 10.1. The Balaban J connectivity index is 0.000000172. The summed E-state index contributed by atoms with van der Waals surface area (Å²) in [7, 11) is 1.60. The zero-order valence-electron chi connectivity index (χ0n) is 38.5. The second-order valence-corrected chi connectivity index (χ2v) is 17.7. The fourth-order valence-electron chi connectivity index (χ4n) is 9.67. The van der Waals surface area contributed by atoms with Crippen molar-refractivity contribution >= 4 is 67.1 Å². The lowest BCUT2D eigenvalue weighted by molar-refractivity contribution is 0.0686. The second-order valence-electron chi connectivity index (χ2n) is 17.7. The molecule has 0 amide bonds. The molecule has 0 bridgehead atoms. The molecular formula is C53H55FN6O9. The molecule has 15 nitrogen and oxygen atoms in total. The maximum Gasteiger partial charge on any atom is 0.338 e. The highest BCUT2D eigenvalue weighted by Gasteiger charge is 2.22. The van der Waals surface area contributed by atoms with Crippen molar-refractivity contribution in [3.8, 4) is 5.75 Å². The zero-order chi connectivity index (χ0) is 48.0. The van der Waals surface area contributed by atoms with E-state index in [0.29, 0.717) is 16.9 Å². The van der Waals surface area contributed by atoms with Gasteiger partial charge in [-0.05, 0) is 111 Å². The lowest BCUT2D eigenvalue weighted by atomic mass is 10.1. The molecular weight excluding hydrogens is 884 g/mol. The van der Waals surface area contributed by atoms with Crippen LogP contribution in [0.5, 0.6) is 5.75 Å². The molecule has 0 spiro atoms. The first-order valence-corrected chi connectivity index (χ1v) is 23.5. The van der Waals surface area contributed by atoms with E-state index >= 15 is 0 Å². The molecule has 0 aliphatic carbocycles. The number of carbonyl (C=O) groups is 2. The van der Waals surface area contributed by atoms with E-state index in [-0.39, 0.29) is 16.8 Å². The smallest absolute Gasteiger partial charge is 0.338 e. The van der Waals surface area contributed by atoms with Crippen molar-refractivity contribution in [1.82, 2.24) is 19.8 Å². The number of ether oxygens (including phenoxy) is 1. The maximum atomic E-state index is 13.5. The molecule has 10 rings (SSSR count). The number of carboxylic acids is 2. The van der Waals surface area contributed by atoms with Gasteiger partial charge in [0.1, 0.15) is 22.7 Å². The number of nitrogens with zero attached hydrogens (tertiary/aromatic N) is 4. The first kappa shape index (κ1) is 46.7. The van der Waals surface area contributed by atoms with E-state index in [1.807, 2.05) is 36.7 Å². The first-order valence-electron chi connectivity index (χ1n) is 23.5. The molecule has 4 aromatic heterocycles. The van der Waals surface area contributed by atoms with E-state index in [0.717, 1.165) is 148 Å². The molecule has 358 valence electrons. The Morgan fingerprint density at radius 1 is 0.580 bits per heavy atom. The highest BCUT2D eigenvalue weighted by Crippen LogP contribution is 2.30. The van der Waals surface area contributed by atoms with Crippen molar-refractivity contribution in [2.24, 2.45) is 0 Å². The summed E-state index contributed by atoms with van der Waals surface area (Å²) >= 11 is 0. The van der Waals surface area contributed by atoms with Crippen LogP contribution >= 0.6 is 0 Å². The molecule has 4 aromatic carbocycles. The Bertz CT molecular complexity index is 3250. The van der Waals surface area contributed by atoms with Gasteiger partial charge in [-0.25, -0.2) is 23.6 Å². The van der Waals surface area contributed by atoms with Gasteiger partial charge < -0.3 is 43.6 Å². The van der Waals surface area contributed by atoms with Crippen LogP contribution in [0.25, 0.3) is 43.7 Å². The van der Waals surface area contributed by atoms with Crippen LogP contribution in [0.1, 0.15) is 57.5 Å². The number of unbranched alkanes of at least 4 members (excludes halogenated alkanes) is 2. The highest BCUT2D eigenvalue weighted by molar-refractivity contribution is 5.96. The van der Waals surface area contributed by atoms with Gasteiger partial charge >= 0.3 is 23.2 Å². The predicted molar refractivity (Wildman–Crippen MR) is 265 cm³/mol. The van der Waals surface area contributed by atoms with Crippen molar-refractivity contribution in [2.75, 3.05) is 82.4 Å². The van der Waals surface area contributed by atoms with Crippen LogP contribution < -0.4 is 25.8 Å². The number of nitrogens with one attached hydrogen (secondary N) is 2. The van der Waals surface area contributed by atoms with Crippen molar-refractivity contribution in [3.05, 3.63) is 146 Å². The molecule has 16 heteroatoms. The molecule has 0 unspecified atom stereocenters. The van der Waals surface area contributed by atoms with Crippen LogP contribution in [-0.4, -0.2) is 114 Å². The number of carboxylic acid groups (broad SMARTS) is 2. The monoisotopic (exact) mass is 938 g/mol. The fourth-order valence-corrected chi connectivity index (χ4v) is 9.67. The minimum Gasteiger partial charge on any atom is -0.497 e. The summed E-state index contributed by atoms with van der Waals surface area (Å²) in [4.78, 5) is 62.1. The van der Waals surface area contributed by atoms with Gasteiger partial charge in [-0.15, -0.1) is 0 Å². The number of fused-ring (bicyclic) bond motifs is 4. The summed E-state index contributed by atoms with van der Waals surface area (Å²) in [5.41, 5.74) is 6.49. The van der Waals surface area contributed by atoms with Crippen LogP contribution in [0.3, 0.4) is 0 Å². The molecule has 0 saturated carbocycles. The van der Waals surface area contributed by atoms with Gasteiger partial charge in [-0.2, -0.15) is 0 Å². The van der Waals surface area contributed by atoms with Gasteiger partial charge in [0.25, 0.3) is 0 Å². The molecule has 0 atom stereocenters. The summed E-state index contributed by atoms with van der Waals surface area (Å²) in [5.74, 6) is -1.58. The third-order valence-corrected chi connectivity index (χ3v) is 13.4. The Morgan fingerprint density at radius 3 is 1.49 bits per heavy atom. The number of aromatic carboxylic acids is 2. The average molecular weight is 939 g/mol. The van der Waals surface area contributed by atoms with Crippen molar-refractivity contribution in [1.29, 1.82) is 0 Å². The average Bonchev–Trinajstić information content (AvgIpc) is 3.97. The third kappa shape index (κ3) is 10.8. The summed E-state index contributed by atoms with van der Waals surface area (Å²) in [5, 5.41) is 22.2. The number of halogens is 1. The first-order chi connectivity index (χ1) is 33.5. The van der Waals surface area contributed by atoms with E-state index < -0.39 is 23.4 Å². The lowest BCUT2D eigenvalue weighted by Crippen LogP contribution is -2.46. The summed E-state index contributed by atoms with van der Waals surface area (Å²) < 4.78 is 29.4. The van der Waals surface area contributed by atoms with E-state index in [4.69, 9.17) is 23.8 Å². The molecule has 2 aliphatic rings. The number of aryl methyl sites for hydroxylation is 2. The minimum absolute atomic E-state index is 0.279. The molecule has 0 radical (unpaired) electrons. The second kappa shape index (κ2) is 20.8. The summed E-state index contributed by atoms with van der Waals surface area (Å²) in [6.45, 7) is 9.04. The lowest BCUT2D eigenvalue weighted by Gasteiger charge is -2.36. The van der Waals surface area contributed by atoms with Gasteiger partial charge in [0, 0.05) is 122 Å². The Kier molecular flexibility index (Phi) is 14.1. The normalized spacial score (nSPS) is 14.7. The molecule has 4 N–H and O–H groups in total. The third-order valence-electron chi connectivity index (χ3n) is 13.4. The number of H-pyrrole nitrogens is 2. The van der Waals surface area contributed by atoms with Crippen LogP contribution in [0, 0.1) is 5.82 Å². The molecule has 6 heterocycles. The number of piperazine rings is 2. The maximum absolute atomic E-state index is 13.5. The van der Waals surface area contributed by atoms with E-state index in [9.17, 15) is 23.6 Å². The van der Waals surface area contributed by atoms with Gasteiger partial charge in [-0.1, -0.05) is 12.1 Å². The van der Waals surface area contributed by atoms with Crippen molar-refractivity contribution < 1.29 is 37.8 Å². The fraction of sp³-hybridized carbons (Fsp3) is 0.321. The highest BCUT2D eigenvalue weighted by atomic mass is 19.1. The SMILES string of the molecule is COc1ccc2c(N3CCN(CCCCc4c[nH]c5cc(C(=O)O)ccc45)CC3)cc(=O)oc2c1.O=C(O)c1ccc2c(CCCCN3CCN(c4cc(=O)oc5cc(F)ccc45)CC3)c[nH]c2c1. The van der Waals surface area contributed by atoms with Gasteiger partial charge in [0.2, 0.25) is 0 Å². The van der Waals surface area contributed by atoms with Gasteiger partial charge in [-0.3, -0.25) is 9.80 Å². The van der Waals surface area contributed by atoms with E-state index in [2.05, 4.69) is 29.6 Å². The number of aromatic amines is 2. The van der Waals surface area contributed by atoms with Crippen LogP contribution in [-0.2, 0) is 12.8 Å². The zero-order valence-corrected chi connectivity index (χ0v) is 38.5. The molecule has 2 fully saturated rings. The van der Waals surface area contributed by atoms with Crippen LogP contribution in [0.2, 0.25) is 0 Å². The van der Waals surface area contributed by atoms with Gasteiger partial charge in [0.05, 0.1) is 29.6 Å². The standard InChI is InChI=1S/C27H29N3O5.C26H26FN3O4/c1-34-20-6-8-22-24(16-26(31)35-25(22)15-20)30-12-10-29(11-13-30)9-3-2-4-19-17-28-23-14-18(27(32)33)5-7-21(19)23;27-19-5-7-21-23(15-25(31)34-24(21)14-19)30-11-9-29(10-12-30)8-2-1-3-18-16-28-22-13-17(26(32)33)4-6-20(18)22/h5-8,14-17,28H,2-4,9-13H2,1H3,(H,32,33);4-7,13-16,28H,1-3,8-12H2,(H,32,33). The van der Waals surface area contributed by atoms with E-state index in [1.54, 1.807) is 49.6 Å². The molecule has 2 saturated heterocycles. The Labute approximate surface area is 396 Å². The van der Waals surface area contributed by atoms with Crippen molar-refractivity contribution in [2.45, 2.75) is 38.5 Å². The number of hydrogen-bond acceptors (Lipinski definition) is 11. The Hall–Kier alpha value is -7.43. The Morgan fingerprint density at radius 2 is 1.03 bits per heavy atom. The van der Waals surface area contributed by atoms with E-state index in [1.165, 1.54) is 29.3 Å². The van der Waals surface area contributed by atoms with Crippen LogP contribution in [0.15, 0.2) is 116 Å². The molecule has 2 aliphatic heterocycles. The quantitative estimate of drug-likeness (QED) is 0.0567. The number of rotatable bonds is 15. The van der Waals surface area contributed by atoms with Gasteiger partial charge in [0.15, 0.2) is 0 Å². The van der Waals surface area contributed by atoms with Crippen molar-refractivity contribution in [3.63, 3.8) is 0 Å². The predicted octanol–water partition coefficient (Wildman–Crippen LogP) is 8.38. The molecule has 8 aromatic rings. The minimum atomic E-state index is -0.920. The number of methoxy groups -OCH3 is 1. The van der Waals surface area contributed by atoms with Crippen LogP contribution in [0.4, 0.5) is 15.8 Å².